The van der Waals surface area contributed by atoms with Gasteiger partial charge in [-0.05, 0) is 70.6 Å². The van der Waals surface area contributed by atoms with E-state index in [9.17, 15) is 14.7 Å². The van der Waals surface area contributed by atoms with Crippen LogP contribution in [0.5, 0.6) is 0 Å². The van der Waals surface area contributed by atoms with Crippen LogP contribution in [0.2, 0.25) is 0 Å². The summed E-state index contributed by atoms with van der Waals surface area (Å²) in [6, 6.07) is 0. The van der Waals surface area contributed by atoms with Crippen molar-refractivity contribution in [1.29, 1.82) is 0 Å². The second-order valence-corrected chi connectivity index (χ2v) is 25.0. The van der Waals surface area contributed by atoms with E-state index in [2.05, 4.69) is 50.3 Å². The van der Waals surface area contributed by atoms with Gasteiger partial charge in [-0.1, -0.05) is 365 Å². The van der Waals surface area contributed by atoms with Crippen LogP contribution < -0.4 is 0 Å². The van der Waals surface area contributed by atoms with Crippen molar-refractivity contribution in [2.75, 3.05) is 13.2 Å². The Morgan fingerprint density at radius 1 is 0.287 bits per heavy atom. The van der Waals surface area contributed by atoms with E-state index in [4.69, 9.17) is 9.47 Å². The summed E-state index contributed by atoms with van der Waals surface area (Å²) in [6.45, 7) is 4.20. The molecule has 5 heteroatoms. The van der Waals surface area contributed by atoms with Crippen LogP contribution in [0.25, 0.3) is 0 Å². The molecule has 0 heterocycles. The number of rotatable bonds is 69. The Morgan fingerprint density at radius 3 is 0.750 bits per heavy atom. The minimum absolute atomic E-state index is 0.0587. The molecule has 1 unspecified atom stereocenters. The maximum atomic E-state index is 12.4. The fraction of sp³-hybridized carbons (Fsp3) is 0.893. The van der Waals surface area contributed by atoms with E-state index in [1.54, 1.807) is 0 Å². The Morgan fingerprint density at radius 2 is 0.500 bits per heavy atom. The molecule has 0 saturated carbocycles. The van der Waals surface area contributed by atoms with Gasteiger partial charge in [0.15, 0.2) is 6.10 Å². The molecule has 0 aliphatic carbocycles. The second kappa shape index (κ2) is 71.4. The summed E-state index contributed by atoms with van der Waals surface area (Å²) >= 11 is 0. The van der Waals surface area contributed by atoms with Gasteiger partial charge >= 0.3 is 11.9 Å². The number of carbonyl (C=O) groups excluding carboxylic acids is 2. The van der Waals surface area contributed by atoms with Gasteiger partial charge in [0.05, 0.1) is 6.61 Å². The van der Waals surface area contributed by atoms with Gasteiger partial charge in [-0.15, -0.1) is 0 Å². The molecule has 1 atom stereocenters. The second-order valence-electron chi connectivity index (χ2n) is 25.0. The highest BCUT2D eigenvalue weighted by Gasteiger charge is 2.16. The molecule has 1 N–H and O–H groups in total. The molecule has 0 aliphatic rings. The molecule has 0 rings (SSSR count). The van der Waals surface area contributed by atoms with E-state index >= 15 is 0 Å². The van der Waals surface area contributed by atoms with Crippen LogP contribution in [-0.4, -0.2) is 36.4 Å². The molecule has 0 amide bonds. The number of aliphatic hydroxyl groups is 1. The van der Waals surface area contributed by atoms with E-state index in [0.717, 1.165) is 38.5 Å². The molecule has 80 heavy (non-hydrogen) atoms. The van der Waals surface area contributed by atoms with Gasteiger partial charge in [-0.2, -0.15) is 0 Å². The molecule has 5 nitrogen and oxygen atoms in total. The molecule has 0 fully saturated rings. The third-order valence-electron chi connectivity index (χ3n) is 16.9. The molecule has 0 aromatic rings. The van der Waals surface area contributed by atoms with E-state index in [0.29, 0.717) is 12.8 Å². The fourth-order valence-corrected chi connectivity index (χ4v) is 11.4. The zero-order valence-corrected chi connectivity index (χ0v) is 54.4. The third kappa shape index (κ3) is 68.6. The lowest BCUT2D eigenvalue weighted by atomic mass is 10.0. The van der Waals surface area contributed by atoms with Crippen LogP contribution in [0.4, 0.5) is 0 Å². The largest absolute Gasteiger partial charge is 0.462 e. The maximum absolute atomic E-state index is 12.4. The van der Waals surface area contributed by atoms with Crippen LogP contribution in [-0.2, 0) is 19.1 Å². The molecule has 0 bridgehead atoms. The predicted molar refractivity (Wildman–Crippen MR) is 353 cm³/mol. The Hall–Kier alpha value is -1.88. The average molecular weight is 1120 g/mol. The molecule has 0 aliphatic heterocycles. The Bertz CT molecular complexity index is 1270. The smallest absolute Gasteiger partial charge is 0.306 e. The van der Waals surface area contributed by atoms with Gasteiger partial charge < -0.3 is 14.6 Å². The van der Waals surface area contributed by atoms with Crippen LogP contribution in [0, 0.1) is 0 Å². The van der Waals surface area contributed by atoms with E-state index in [1.165, 1.54) is 347 Å². The number of ether oxygens (including phenoxy) is 2. The standard InChI is InChI=1S/C75H142O5/c1-3-5-7-9-11-13-15-17-19-21-23-25-27-29-31-33-35-37-39-41-43-45-47-49-51-53-55-57-59-61-63-65-67-69-74(77)79-72-73(71-76)80-75(78)70-68-66-64-62-60-58-56-54-52-50-48-46-44-42-40-38-36-34-32-30-28-26-24-22-20-18-16-14-12-10-8-6-4-2/h16,18,21-24,73,76H,3-15,17,19-20,25-72H2,1-2H3/b18-16-,23-21-,24-22-. The minimum Gasteiger partial charge on any atom is -0.462 e. The lowest BCUT2D eigenvalue weighted by molar-refractivity contribution is -0.161. The number of allylic oxidation sites excluding steroid dienone is 6. The first-order valence-corrected chi connectivity index (χ1v) is 36.5. The normalized spacial score (nSPS) is 12.3. The number of hydrogen-bond donors (Lipinski definition) is 1. The summed E-state index contributed by atoms with van der Waals surface area (Å²) in [5.74, 6) is -0.564. The summed E-state index contributed by atoms with van der Waals surface area (Å²) in [5, 5.41) is 9.71. The highest BCUT2D eigenvalue weighted by Crippen LogP contribution is 2.19. The monoisotopic (exact) mass is 1120 g/mol. The number of aliphatic hydroxyl groups excluding tert-OH is 1. The third-order valence-corrected chi connectivity index (χ3v) is 16.9. The van der Waals surface area contributed by atoms with Gasteiger partial charge in [0.2, 0.25) is 0 Å². The van der Waals surface area contributed by atoms with Gasteiger partial charge in [-0.25, -0.2) is 0 Å². The van der Waals surface area contributed by atoms with Crippen LogP contribution in [0.1, 0.15) is 412 Å². The maximum Gasteiger partial charge on any atom is 0.306 e. The van der Waals surface area contributed by atoms with Crippen molar-refractivity contribution in [3.05, 3.63) is 36.5 Å². The summed E-state index contributed by atoms with van der Waals surface area (Å²) in [4.78, 5) is 24.7. The predicted octanol–water partition coefficient (Wildman–Crippen LogP) is 25.3. The average Bonchev–Trinajstić information content (AvgIpc) is 3.46. The quantitative estimate of drug-likeness (QED) is 0.0373. The molecule has 0 aromatic heterocycles. The first-order valence-electron chi connectivity index (χ1n) is 36.5. The molecule has 0 spiro atoms. The fourth-order valence-electron chi connectivity index (χ4n) is 11.4. The van der Waals surface area contributed by atoms with Crippen molar-refractivity contribution in [1.82, 2.24) is 0 Å². The molecular weight excluding hydrogens is 981 g/mol. The van der Waals surface area contributed by atoms with E-state index in [-0.39, 0.29) is 25.2 Å². The first-order chi connectivity index (χ1) is 39.6. The Balaban J connectivity index is 3.38. The summed E-state index contributed by atoms with van der Waals surface area (Å²) in [7, 11) is 0. The first kappa shape index (κ1) is 78.1. The topological polar surface area (TPSA) is 72.8 Å². The highest BCUT2D eigenvalue weighted by atomic mass is 16.6. The van der Waals surface area contributed by atoms with Gasteiger partial charge in [0.1, 0.15) is 6.61 Å². The van der Waals surface area contributed by atoms with Crippen molar-refractivity contribution in [2.45, 2.75) is 418 Å². The number of esters is 2. The molecule has 0 aromatic carbocycles. The zero-order chi connectivity index (χ0) is 57.6. The summed E-state index contributed by atoms with van der Waals surface area (Å²) in [5.41, 5.74) is 0. The van der Waals surface area contributed by atoms with Crippen LogP contribution in [0.3, 0.4) is 0 Å². The van der Waals surface area contributed by atoms with E-state index < -0.39 is 6.10 Å². The molecule has 0 radical (unpaired) electrons. The van der Waals surface area contributed by atoms with Gasteiger partial charge in [0, 0.05) is 12.8 Å². The lowest BCUT2D eigenvalue weighted by Gasteiger charge is -2.15. The molecular formula is C75H142O5. The SMILES string of the molecule is CCCCCCC/C=C\C/C=C\CCCCCCCCCCCCCCCCCCCCCCCC(=O)OC(CO)COC(=O)CCCCCCCCCCCCCCCCCCCCCCC/C=C\CCCCCCCCCC. The molecule has 0 saturated heterocycles. The van der Waals surface area contributed by atoms with Crippen molar-refractivity contribution in [3.63, 3.8) is 0 Å². The Labute approximate surface area is 501 Å². The Kier molecular flexibility index (Phi) is 69.7. The lowest BCUT2D eigenvalue weighted by Crippen LogP contribution is -2.28. The van der Waals surface area contributed by atoms with Gasteiger partial charge in [0.25, 0.3) is 0 Å². The minimum atomic E-state index is -0.770. The van der Waals surface area contributed by atoms with Crippen molar-refractivity contribution >= 4 is 11.9 Å². The molecule has 472 valence electrons. The van der Waals surface area contributed by atoms with Crippen LogP contribution in [0.15, 0.2) is 36.5 Å². The van der Waals surface area contributed by atoms with Crippen molar-refractivity contribution in [2.24, 2.45) is 0 Å². The van der Waals surface area contributed by atoms with Crippen molar-refractivity contribution < 1.29 is 24.2 Å². The summed E-state index contributed by atoms with van der Waals surface area (Å²) < 4.78 is 10.8. The number of carbonyl (C=O) groups is 2. The van der Waals surface area contributed by atoms with E-state index in [1.807, 2.05) is 0 Å². The van der Waals surface area contributed by atoms with Gasteiger partial charge in [-0.3, -0.25) is 9.59 Å². The highest BCUT2D eigenvalue weighted by molar-refractivity contribution is 5.70. The summed E-state index contributed by atoms with van der Waals surface area (Å²) in [6.07, 6.45) is 94.9. The van der Waals surface area contributed by atoms with Crippen molar-refractivity contribution in [3.8, 4) is 0 Å². The zero-order valence-electron chi connectivity index (χ0n) is 54.4. The number of hydrogen-bond acceptors (Lipinski definition) is 5. The van der Waals surface area contributed by atoms with Crippen LogP contribution >= 0.6 is 0 Å². The number of unbranched alkanes of at least 4 members (excludes halogenated alkanes) is 55.